The molecule has 0 aliphatic carbocycles. The molecular weight excluding hydrogens is 396 g/mol. The molecule has 8 nitrogen and oxygen atoms in total. The fraction of sp³-hybridized carbons (Fsp3) is 0.565. The minimum atomic E-state index is -0.167. The molecule has 31 heavy (non-hydrogen) atoms. The van der Waals surface area contributed by atoms with Gasteiger partial charge in [-0.2, -0.15) is 0 Å². The summed E-state index contributed by atoms with van der Waals surface area (Å²) in [5.41, 5.74) is 1.59. The Morgan fingerprint density at radius 3 is 2.52 bits per heavy atom. The summed E-state index contributed by atoms with van der Waals surface area (Å²) in [4.78, 5) is 21.3. The number of rotatable bonds is 8. The number of ether oxygens (including phenoxy) is 2. The van der Waals surface area contributed by atoms with Crippen molar-refractivity contribution >= 4 is 5.91 Å². The maximum Gasteiger partial charge on any atom is 0.273 e. The van der Waals surface area contributed by atoms with Crippen LogP contribution in [0.5, 0.6) is 11.5 Å². The van der Waals surface area contributed by atoms with Gasteiger partial charge < -0.3 is 19.2 Å². The smallest absolute Gasteiger partial charge is 0.273 e. The van der Waals surface area contributed by atoms with E-state index >= 15 is 0 Å². The molecule has 168 valence electrons. The molecule has 0 spiro atoms. The van der Waals surface area contributed by atoms with Crippen molar-refractivity contribution < 1.29 is 18.7 Å². The lowest BCUT2D eigenvalue weighted by Gasteiger charge is -2.34. The van der Waals surface area contributed by atoms with E-state index in [1.165, 1.54) is 11.8 Å². The summed E-state index contributed by atoms with van der Waals surface area (Å²) in [6, 6.07) is 6.20. The van der Waals surface area contributed by atoms with E-state index in [0.29, 0.717) is 43.8 Å². The summed E-state index contributed by atoms with van der Waals surface area (Å²) in [6.07, 6.45) is 2.41. The predicted octanol–water partition coefficient (Wildman–Crippen LogP) is 2.54. The van der Waals surface area contributed by atoms with Crippen molar-refractivity contribution in [3.05, 3.63) is 41.6 Å². The van der Waals surface area contributed by atoms with Crippen LogP contribution in [0.15, 0.2) is 28.9 Å². The Hall–Kier alpha value is -2.58. The fourth-order valence-corrected chi connectivity index (χ4v) is 3.79. The normalized spacial score (nSPS) is 17.1. The quantitative estimate of drug-likeness (QED) is 0.692. The van der Waals surface area contributed by atoms with Crippen LogP contribution in [0.4, 0.5) is 0 Å². The molecule has 2 aliphatic heterocycles. The van der Waals surface area contributed by atoms with E-state index in [1.54, 1.807) is 0 Å². The lowest BCUT2D eigenvalue weighted by molar-refractivity contribution is 0.0946. The van der Waals surface area contributed by atoms with Crippen LogP contribution in [0.25, 0.3) is 0 Å². The molecule has 2 aliphatic rings. The first-order chi connectivity index (χ1) is 15.1. The largest absolute Gasteiger partial charge is 0.486 e. The Morgan fingerprint density at radius 1 is 1.06 bits per heavy atom. The van der Waals surface area contributed by atoms with Gasteiger partial charge in [-0.3, -0.25) is 14.6 Å². The van der Waals surface area contributed by atoms with Crippen molar-refractivity contribution in [1.29, 1.82) is 0 Å². The van der Waals surface area contributed by atoms with Gasteiger partial charge in [-0.15, -0.1) is 0 Å². The Bertz CT molecular complexity index is 874. The average Bonchev–Trinajstić information content (AvgIpc) is 3.23. The first-order valence-electron chi connectivity index (χ1n) is 11.1. The monoisotopic (exact) mass is 428 g/mol. The number of benzene rings is 1. The minimum Gasteiger partial charge on any atom is -0.486 e. The van der Waals surface area contributed by atoms with Crippen LogP contribution in [0, 0.1) is 5.92 Å². The van der Waals surface area contributed by atoms with Crippen LogP contribution in [-0.4, -0.2) is 66.6 Å². The molecule has 0 bridgehead atoms. The first-order valence-corrected chi connectivity index (χ1v) is 11.1. The summed E-state index contributed by atoms with van der Waals surface area (Å²) in [6.45, 7) is 11.5. The van der Waals surface area contributed by atoms with Gasteiger partial charge in [0.25, 0.3) is 5.91 Å². The summed E-state index contributed by atoms with van der Waals surface area (Å²) in [5.74, 6) is 2.66. The van der Waals surface area contributed by atoms with Gasteiger partial charge in [0.2, 0.25) is 5.89 Å². The van der Waals surface area contributed by atoms with Crippen LogP contribution in [0.2, 0.25) is 0 Å². The average molecular weight is 429 g/mol. The van der Waals surface area contributed by atoms with Crippen LogP contribution < -0.4 is 14.8 Å². The number of nitrogens with one attached hydrogen (secondary N) is 1. The van der Waals surface area contributed by atoms with Gasteiger partial charge in [0.05, 0.1) is 6.54 Å². The van der Waals surface area contributed by atoms with Gasteiger partial charge >= 0.3 is 0 Å². The number of carbonyl (C=O) groups is 1. The Labute approximate surface area is 183 Å². The van der Waals surface area contributed by atoms with Gasteiger partial charge in [0, 0.05) is 39.3 Å². The first kappa shape index (κ1) is 21.6. The molecule has 2 aromatic rings. The van der Waals surface area contributed by atoms with E-state index in [1.807, 2.05) is 6.07 Å². The molecule has 1 saturated heterocycles. The Balaban J connectivity index is 1.22. The third-order valence-corrected chi connectivity index (χ3v) is 5.63. The number of hydrogen-bond donors (Lipinski definition) is 1. The van der Waals surface area contributed by atoms with Gasteiger partial charge in [-0.25, -0.2) is 4.98 Å². The van der Waals surface area contributed by atoms with Crippen LogP contribution >= 0.6 is 0 Å². The second-order valence-corrected chi connectivity index (χ2v) is 8.60. The number of piperazine rings is 1. The highest BCUT2D eigenvalue weighted by Gasteiger charge is 2.21. The van der Waals surface area contributed by atoms with Crippen LogP contribution in [0.3, 0.4) is 0 Å². The minimum absolute atomic E-state index is 0.167. The molecule has 0 unspecified atom stereocenters. The lowest BCUT2D eigenvalue weighted by Crippen LogP contribution is -2.45. The zero-order valence-electron chi connectivity index (χ0n) is 18.4. The van der Waals surface area contributed by atoms with E-state index in [9.17, 15) is 4.79 Å². The van der Waals surface area contributed by atoms with Crippen molar-refractivity contribution in [2.24, 2.45) is 5.92 Å². The zero-order chi connectivity index (χ0) is 21.6. The third kappa shape index (κ3) is 5.98. The highest BCUT2D eigenvalue weighted by atomic mass is 16.6. The number of hydrogen-bond acceptors (Lipinski definition) is 7. The highest BCUT2D eigenvalue weighted by Crippen LogP contribution is 2.31. The number of amides is 1. The van der Waals surface area contributed by atoms with Crippen LogP contribution in [0.1, 0.15) is 42.2 Å². The maximum atomic E-state index is 12.2. The highest BCUT2D eigenvalue weighted by molar-refractivity contribution is 5.91. The molecule has 1 aromatic carbocycles. The molecule has 4 rings (SSSR count). The summed E-state index contributed by atoms with van der Waals surface area (Å²) in [5, 5.41) is 2.90. The van der Waals surface area contributed by atoms with Gasteiger partial charge in [0.1, 0.15) is 19.5 Å². The van der Waals surface area contributed by atoms with Crippen molar-refractivity contribution in [2.75, 3.05) is 45.9 Å². The van der Waals surface area contributed by atoms with Gasteiger partial charge in [-0.1, -0.05) is 19.9 Å². The molecule has 1 fully saturated rings. The molecule has 1 aromatic heterocycles. The molecule has 0 atom stereocenters. The topological polar surface area (TPSA) is 80.1 Å². The molecular formula is C23H32N4O4. The number of nitrogens with zero attached hydrogens (tertiary/aromatic N) is 3. The fourth-order valence-electron chi connectivity index (χ4n) is 3.79. The van der Waals surface area contributed by atoms with Crippen molar-refractivity contribution in [3.63, 3.8) is 0 Å². The van der Waals surface area contributed by atoms with Crippen LogP contribution in [-0.2, 0) is 13.1 Å². The summed E-state index contributed by atoms with van der Waals surface area (Å²) >= 11 is 0. The Morgan fingerprint density at radius 2 is 1.77 bits per heavy atom. The van der Waals surface area contributed by atoms with Crippen molar-refractivity contribution in [1.82, 2.24) is 20.1 Å². The third-order valence-electron chi connectivity index (χ3n) is 5.63. The molecule has 3 heterocycles. The molecule has 0 saturated carbocycles. The summed E-state index contributed by atoms with van der Waals surface area (Å²) < 4.78 is 16.8. The van der Waals surface area contributed by atoms with Crippen molar-refractivity contribution in [3.8, 4) is 11.5 Å². The van der Waals surface area contributed by atoms with Crippen molar-refractivity contribution in [2.45, 2.75) is 33.4 Å². The van der Waals surface area contributed by atoms with E-state index in [-0.39, 0.29) is 5.91 Å². The molecule has 8 heteroatoms. The van der Waals surface area contributed by atoms with Gasteiger partial charge in [0.15, 0.2) is 17.2 Å². The number of fused-ring (bicyclic) bond motifs is 1. The number of oxazole rings is 1. The summed E-state index contributed by atoms with van der Waals surface area (Å²) in [7, 11) is 0. The lowest BCUT2D eigenvalue weighted by atomic mass is 10.1. The maximum absolute atomic E-state index is 12.2. The second kappa shape index (κ2) is 10.2. The van der Waals surface area contributed by atoms with E-state index in [2.05, 4.69) is 46.1 Å². The number of carbonyl (C=O) groups excluding carboxylic acids is 1. The standard InChI is InChI=1S/C23H32N4O4/c1-17(2)5-6-24-23(28)19-16-31-22(25-19)15-27-9-7-26(8-10-27)14-18-3-4-20-21(13-18)30-12-11-29-20/h3-4,13,16-17H,5-12,14-15H2,1-2H3,(H,24,28). The Kier molecular flexibility index (Phi) is 7.09. The molecule has 1 amide bonds. The van der Waals surface area contributed by atoms with E-state index in [4.69, 9.17) is 13.9 Å². The van der Waals surface area contributed by atoms with Gasteiger partial charge in [-0.05, 0) is 30.0 Å². The number of aromatic nitrogens is 1. The second-order valence-electron chi connectivity index (χ2n) is 8.60. The predicted molar refractivity (Wildman–Crippen MR) is 116 cm³/mol. The van der Waals surface area contributed by atoms with E-state index in [0.717, 1.165) is 50.6 Å². The SMILES string of the molecule is CC(C)CCNC(=O)c1coc(CN2CCN(Cc3ccc4c(c3)OCCO4)CC2)n1. The molecule has 1 N–H and O–H groups in total. The molecule has 0 radical (unpaired) electrons. The van der Waals surface area contributed by atoms with E-state index < -0.39 is 0 Å². The zero-order valence-corrected chi connectivity index (χ0v) is 18.4.